The number of aryl methyl sites for hydroxylation is 2. The second-order valence-electron chi connectivity index (χ2n) is 9.28. The zero-order valence-electron chi connectivity index (χ0n) is 20.9. The number of benzene rings is 2. The van der Waals surface area contributed by atoms with Crippen LogP contribution in [0.1, 0.15) is 61.9 Å². The predicted octanol–water partition coefficient (Wildman–Crippen LogP) is 6.33. The Morgan fingerprint density at radius 3 is 2.24 bits per heavy atom. The fourth-order valence-corrected chi connectivity index (χ4v) is 4.34. The van der Waals surface area contributed by atoms with Crippen LogP contribution in [0.15, 0.2) is 65.4 Å². The highest BCUT2D eigenvalue weighted by molar-refractivity contribution is 9.10. The van der Waals surface area contributed by atoms with Crippen LogP contribution >= 0.6 is 15.9 Å². The number of hydrogen-bond acceptors (Lipinski definition) is 4. The summed E-state index contributed by atoms with van der Waals surface area (Å²) in [5.74, 6) is 0.634. The molecule has 1 atom stereocenters. The van der Waals surface area contributed by atoms with Crippen LogP contribution in [-0.4, -0.2) is 31.7 Å². The van der Waals surface area contributed by atoms with E-state index in [9.17, 15) is 5.11 Å². The molecule has 0 bridgehead atoms. The Kier molecular flexibility index (Phi) is 9.00. The summed E-state index contributed by atoms with van der Waals surface area (Å²) in [6.45, 7) is 13.5. The van der Waals surface area contributed by atoms with E-state index in [1.54, 1.807) is 12.4 Å². The van der Waals surface area contributed by atoms with Gasteiger partial charge in [0.15, 0.2) is 0 Å². The first-order chi connectivity index (χ1) is 16.2. The molecule has 34 heavy (non-hydrogen) atoms. The number of nitrogens with zero attached hydrogens (tertiary/aromatic N) is 3. The Labute approximate surface area is 211 Å². The molecule has 4 aromatic rings. The summed E-state index contributed by atoms with van der Waals surface area (Å²) in [7, 11) is 0. The highest BCUT2D eigenvalue weighted by Crippen LogP contribution is 2.29. The van der Waals surface area contributed by atoms with Gasteiger partial charge < -0.3 is 15.0 Å². The van der Waals surface area contributed by atoms with Crippen molar-refractivity contribution in [3.05, 3.63) is 93.5 Å². The minimum atomic E-state index is -0.815. The number of pyridine rings is 1. The molecule has 2 aromatic heterocycles. The molecule has 2 heterocycles. The van der Waals surface area contributed by atoms with Gasteiger partial charge in [-0.25, -0.2) is 4.98 Å². The molecule has 0 saturated carbocycles. The van der Waals surface area contributed by atoms with Crippen LogP contribution in [0.3, 0.4) is 0 Å². The number of fused-ring (bicyclic) bond motifs is 1. The largest absolute Gasteiger partial charge is 0.380 e. The maximum Gasteiger partial charge on any atom is 0.143 e. The first kappa shape index (κ1) is 26.1. The van der Waals surface area contributed by atoms with Crippen LogP contribution < -0.4 is 5.32 Å². The molecule has 0 fully saturated rings. The highest BCUT2D eigenvalue weighted by Gasteiger charge is 2.20. The van der Waals surface area contributed by atoms with Gasteiger partial charge in [0.05, 0.1) is 11.0 Å². The van der Waals surface area contributed by atoms with Crippen molar-refractivity contribution in [2.75, 3.05) is 0 Å². The van der Waals surface area contributed by atoms with E-state index in [1.807, 2.05) is 24.3 Å². The van der Waals surface area contributed by atoms with E-state index < -0.39 is 6.10 Å². The van der Waals surface area contributed by atoms with E-state index in [2.05, 4.69) is 96.6 Å². The van der Waals surface area contributed by atoms with Crippen molar-refractivity contribution in [2.24, 2.45) is 0 Å². The fraction of sp³-hybridized carbons (Fsp3) is 0.357. The number of aliphatic hydroxyl groups excluding tert-OH is 1. The first-order valence-electron chi connectivity index (χ1n) is 11.7. The normalized spacial score (nSPS) is 12.2. The van der Waals surface area contributed by atoms with Gasteiger partial charge in [0.25, 0.3) is 0 Å². The Morgan fingerprint density at radius 2 is 1.62 bits per heavy atom. The standard InChI is InChI=1S/C22H20BrN3O.C6H15N/c1-14-3-4-15(2)17(11-14)13-26-20-12-18(23)5-6-19(20)25-22(26)21(27)16-7-9-24-10-8-16;1-5(2)7-6(3)4/h3-12,21,27H,13H2,1-2H3;5-7H,1-4H3. The first-order valence-corrected chi connectivity index (χ1v) is 12.5. The third-order valence-electron chi connectivity index (χ3n) is 5.51. The lowest BCUT2D eigenvalue weighted by Gasteiger charge is -2.16. The molecule has 2 N–H and O–H groups in total. The van der Waals surface area contributed by atoms with E-state index >= 15 is 0 Å². The van der Waals surface area contributed by atoms with Crippen molar-refractivity contribution in [1.29, 1.82) is 0 Å². The van der Waals surface area contributed by atoms with Crippen LogP contribution in [0.5, 0.6) is 0 Å². The molecule has 0 amide bonds. The maximum atomic E-state index is 11.0. The molecule has 2 aromatic carbocycles. The van der Waals surface area contributed by atoms with Gasteiger partial charge in [0.2, 0.25) is 0 Å². The third-order valence-corrected chi connectivity index (χ3v) is 6.00. The minimum Gasteiger partial charge on any atom is -0.380 e. The molecule has 0 aliphatic carbocycles. The summed E-state index contributed by atoms with van der Waals surface area (Å²) in [5, 5.41) is 14.3. The SMILES string of the molecule is CC(C)NC(C)C.Cc1ccc(C)c(Cn2c(C(O)c3ccncc3)nc3ccc(Br)cc32)c1. The number of aliphatic hydroxyl groups is 1. The van der Waals surface area contributed by atoms with Crippen molar-refractivity contribution in [2.45, 2.75) is 66.3 Å². The van der Waals surface area contributed by atoms with Crippen molar-refractivity contribution < 1.29 is 5.11 Å². The smallest absolute Gasteiger partial charge is 0.143 e. The maximum absolute atomic E-state index is 11.0. The second kappa shape index (κ2) is 11.7. The molecule has 0 saturated heterocycles. The molecule has 1 unspecified atom stereocenters. The van der Waals surface area contributed by atoms with Gasteiger partial charge in [0, 0.05) is 35.5 Å². The summed E-state index contributed by atoms with van der Waals surface area (Å²) in [5.41, 5.74) is 6.30. The lowest BCUT2D eigenvalue weighted by Crippen LogP contribution is -2.29. The number of aromatic nitrogens is 3. The second-order valence-corrected chi connectivity index (χ2v) is 10.2. The third kappa shape index (κ3) is 6.75. The lowest BCUT2D eigenvalue weighted by molar-refractivity contribution is 0.206. The number of hydrogen-bond donors (Lipinski definition) is 2. The van der Waals surface area contributed by atoms with Gasteiger partial charge in [-0.3, -0.25) is 4.98 Å². The molecule has 5 nitrogen and oxygen atoms in total. The molecule has 0 aliphatic heterocycles. The highest BCUT2D eigenvalue weighted by atomic mass is 79.9. The van der Waals surface area contributed by atoms with Gasteiger partial charge >= 0.3 is 0 Å². The van der Waals surface area contributed by atoms with Gasteiger partial charge in [-0.1, -0.05) is 67.4 Å². The van der Waals surface area contributed by atoms with E-state index in [-0.39, 0.29) is 0 Å². The number of halogens is 1. The Hall–Kier alpha value is -2.54. The molecule has 6 heteroatoms. The summed E-state index contributed by atoms with van der Waals surface area (Å²) in [6, 6.07) is 17.3. The molecule has 4 rings (SSSR count). The molecular formula is C28H35BrN4O. The summed E-state index contributed by atoms with van der Waals surface area (Å²) in [4.78, 5) is 8.79. The van der Waals surface area contributed by atoms with Crippen molar-refractivity contribution in [1.82, 2.24) is 19.9 Å². The van der Waals surface area contributed by atoms with Crippen LogP contribution in [0, 0.1) is 13.8 Å². The van der Waals surface area contributed by atoms with Crippen LogP contribution in [-0.2, 0) is 6.54 Å². The van der Waals surface area contributed by atoms with Crippen molar-refractivity contribution in [3.63, 3.8) is 0 Å². The predicted molar refractivity (Wildman–Crippen MR) is 144 cm³/mol. The van der Waals surface area contributed by atoms with Crippen LogP contribution in [0.2, 0.25) is 0 Å². The zero-order valence-corrected chi connectivity index (χ0v) is 22.5. The van der Waals surface area contributed by atoms with E-state index in [4.69, 9.17) is 4.98 Å². The molecular weight excluding hydrogens is 488 g/mol. The summed E-state index contributed by atoms with van der Waals surface area (Å²) in [6.07, 6.45) is 2.56. The van der Waals surface area contributed by atoms with E-state index in [1.165, 1.54) is 16.7 Å². The van der Waals surface area contributed by atoms with Gasteiger partial charge in [-0.2, -0.15) is 0 Å². The summed E-state index contributed by atoms with van der Waals surface area (Å²) >= 11 is 3.56. The van der Waals surface area contributed by atoms with Gasteiger partial charge in [-0.15, -0.1) is 0 Å². The minimum absolute atomic E-state index is 0.625. The summed E-state index contributed by atoms with van der Waals surface area (Å²) < 4.78 is 3.09. The average molecular weight is 524 g/mol. The molecule has 0 spiro atoms. The number of nitrogens with one attached hydrogen (secondary N) is 1. The van der Waals surface area contributed by atoms with E-state index in [0.29, 0.717) is 24.5 Å². The molecule has 180 valence electrons. The van der Waals surface area contributed by atoms with Gasteiger partial charge in [0.1, 0.15) is 11.9 Å². The van der Waals surface area contributed by atoms with E-state index in [0.717, 1.165) is 21.1 Å². The zero-order chi connectivity index (χ0) is 24.8. The quantitative estimate of drug-likeness (QED) is 0.310. The van der Waals surface area contributed by atoms with Crippen molar-refractivity contribution in [3.8, 4) is 0 Å². The fourth-order valence-electron chi connectivity index (χ4n) is 3.99. The van der Waals surface area contributed by atoms with Crippen LogP contribution in [0.25, 0.3) is 11.0 Å². The Balaban J connectivity index is 0.000000406. The number of rotatable bonds is 6. The topological polar surface area (TPSA) is 63.0 Å². The monoisotopic (exact) mass is 522 g/mol. The van der Waals surface area contributed by atoms with Crippen molar-refractivity contribution >= 4 is 27.0 Å². The number of imidazole rings is 1. The van der Waals surface area contributed by atoms with Crippen LogP contribution in [0.4, 0.5) is 0 Å². The molecule has 0 radical (unpaired) electrons. The van der Waals surface area contributed by atoms with Gasteiger partial charge in [-0.05, 0) is 60.9 Å². The average Bonchev–Trinajstić information content (AvgIpc) is 3.13. The Bertz CT molecular complexity index is 1210. The lowest BCUT2D eigenvalue weighted by atomic mass is 10.1. The molecule has 0 aliphatic rings. The Morgan fingerprint density at radius 1 is 0.941 bits per heavy atom.